The largest absolute Gasteiger partial charge is 0.399 e. The molecule has 4 N–H and O–H groups in total. The van der Waals surface area contributed by atoms with Crippen LogP contribution >= 0.6 is 11.8 Å². The number of nitrogens with two attached hydrogens (primary N) is 1. The number of aliphatic hydroxyl groups excluding tert-OH is 1. The molecule has 17 heavy (non-hydrogen) atoms. The summed E-state index contributed by atoms with van der Waals surface area (Å²) in [6.45, 7) is 2.08. The Balaban J connectivity index is 2.27. The van der Waals surface area contributed by atoms with Crippen LogP contribution in [-0.2, 0) is 4.79 Å². The van der Waals surface area contributed by atoms with E-state index < -0.39 is 0 Å². The number of rotatable bonds is 6. The smallest absolute Gasteiger partial charge is 0.225 e. The third-order valence-electron chi connectivity index (χ3n) is 2.18. The lowest BCUT2D eigenvalue weighted by Crippen LogP contribution is -2.13. The van der Waals surface area contributed by atoms with E-state index in [1.165, 1.54) is 0 Å². The molecular weight excluding hydrogens is 236 g/mol. The van der Waals surface area contributed by atoms with Gasteiger partial charge in [-0.05, 0) is 24.3 Å². The number of nitrogens with one attached hydrogen (secondary N) is 1. The number of hydrogen-bond donors (Lipinski definition) is 3. The third-order valence-corrected chi connectivity index (χ3v) is 3.34. The number of benzene rings is 1. The monoisotopic (exact) mass is 254 g/mol. The highest BCUT2D eigenvalue weighted by atomic mass is 32.2. The first-order chi connectivity index (χ1) is 8.11. The Bertz CT molecular complexity index is 354. The van der Waals surface area contributed by atoms with E-state index in [0.29, 0.717) is 17.9 Å². The number of carbonyl (C=O) groups is 1. The average Bonchev–Trinajstić information content (AvgIpc) is 2.32. The molecule has 0 bridgehead atoms. The van der Waals surface area contributed by atoms with Crippen LogP contribution in [0.25, 0.3) is 0 Å². The molecule has 1 rings (SSSR count). The van der Waals surface area contributed by atoms with Crippen molar-refractivity contribution >= 4 is 29.0 Å². The summed E-state index contributed by atoms with van der Waals surface area (Å²) in [5.74, 6) is 0.690. The number of nitrogen functional groups attached to an aromatic ring is 1. The Morgan fingerprint density at radius 1 is 1.47 bits per heavy atom. The normalized spacial score (nSPS) is 12.1. The first-order valence-electron chi connectivity index (χ1n) is 5.49. The molecule has 1 unspecified atom stereocenters. The van der Waals surface area contributed by atoms with Crippen LogP contribution in [0.15, 0.2) is 24.3 Å². The van der Waals surface area contributed by atoms with Crippen molar-refractivity contribution in [2.75, 3.05) is 23.4 Å². The molecule has 0 aliphatic rings. The lowest BCUT2D eigenvalue weighted by Gasteiger charge is -2.08. The van der Waals surface area contributed by atoms with Gasteiger partial charge in [0.2, 0.25) is 5.91 Å². The summed E-state index contributed by atoms with van der Waals surface area (Å²) in [6.07, 6.45) is 0.444. The summed E-state index contributed by atoms with van der Waals surface area (Å²) in [5.41, 5.74) is 6.98. The summed E-state index contributed by atoms with van der Waals surface area (Å²) < 4.78 is 0. The highest BCUT2D eigenvalue weighted by Crippen LogP contribution is 2.13. The second kappa shape index (κ2) is 7.19. The van der Waals surface area contributed by atoms with Gasteiger partial charge in [0.15, 0.2) is 0 Å². The van der Waals surface area contributed by atoms with E-state index in [4.69, 9.17) is 10.8 Å². The van der Waals surface area contributed by atoms with Gasteiger partial charge in [-0.3, -0.25) is 4.79 Å². The lowest BCUT2D eigenvalue weighted by atomic mass is 10.3. The lowest BCUT2D eigenvalue weighted by molar-refractivity contribution is -0.115. The first-order valence-corrected chi connectivity index (χ1v) is 6.54. The van der Waals surface area contributed by atoms with Crippen LogP contribution in [0.5, 0.6) is 0 Å². The maximum Gasteiger partial charge on any atom is 0.225 e. The zero-order chi connectivity index (χ0) is 12.7. The zero-order valence-corrected chi connectivity index (χ0v) is 10.7. The Hall–Kier alpha value is -1.20. The summed E-state index contributed by atoms with van der Waals surface area (Å²) in [6, 6.07) is 7.05. The van der Waals surface area contributed by atoms with Gasteiger partial charge < -0.3 is 16.2 Å². The van der Waals surface area contributed by atoms with Crippen LogP contribution in [0.4, 0.5) is 11.4 Å². The number of aliphatic hydroxyl groups is 1. The Labute approximate surface area is 106 Å². The van der Waals surface area contributed by atoms with Gasteiger partial charge in [-0.15, -0.1) is 0 Å². The number of thioether (sulfide) groups is 1. The summed E-state index contributed by atoms with van der Waals surface area (Å²) >= 11 is 1.59. The van der Waals surface area contributed by atoms with Crippen LogP contribution < -0.4 is 11.1 Å². The Morgan fingerprint density at radius 2 is 2.12 bits per heavy atom. The van der Waals surface area contributed by atoms with E-state index in [2.05, 4.69) is 5.32 Å². The molecule has 0 aromatic heterocycles. The van der Waals surface area contributed by atoms with Gasteiger partial charge in [-0.1, -0.05) is 6.92 Å². The quantitative estimate of drug-likeness (QED) is 0.676. The van der Waals surface area contributed by atoms with Crippen LogP contribution in [0, 0.1) is 0 Å². The van der Waals surface area contributed by atoms with E-state index in [0.717, 1.165) is 5.69 Å². The number of amides is 1. The molecule has 0 spiro atoms. The van der Waals surface area contributed by atoms with Gasteiger partial charge in [-0.2, -0.15) is 11.8 Å². The van der Waals surface area contributed by atoms with Crippen LogP contribution in [-0.4, -0.2) is 28.6 Å². The first kappa shape index (κ1) is 13.9. The summed E-state index contributed by atoms with van der Waals surface area (Å²) in [7, 11) is 0. The van der Waals surface area contributed by atoms with E-state index in [1.807, 2.05) is 6.92 Å². The minimum Gasteiger partial charge on any atom is -0.399 e. The van der Waals surface area contributed by atoms with Gasteiger partial charge in [0, 0.05) is 28.8 Å². The topological polar surface area (TPSA) is 75.3 Å². The van der Waals surface area contributed by atoms with E-state index >= 15 is 0 Å². The number of anilines is 2. The SMILES string of the molecule is CC(CO)SCCC(=O)Nc1ccc(N)cc1. The predicted octanol–water partition coefficient (Wildman–Crippen LogP) is 1.71. The molecule has 0 saturated carbocycles. The van der Waals surface area contributed by atoms with Crippen molar-refractivity contribution in [3.05, 3.63) is 24.3 Å². The Morgan fingerprint density at radius 3 is 2.71 bits per heavy atom. The minimum atomic E-state index is -0.0209. The van der Waals surface area contributed by atoms with E-state index in [1.54, 1.807) is 36.0 Å². The highest BCUT2D eigenvalue weighted by molar-refractivity contribution is 7.99. The molecule has 0 aliphatic carbocycles. The maximum atomic E-state index is 11.5. The van der Waals surface area contributed by atoms with Gasteiger partial charge in [0.05, 0.1) is 6.61 Å². The fraction of sp³-hybridized carbons (Fsp3) is 0.417. The molecular formula is C12H18N2O2S. The van der Waals surface area contributed by atoms with Crippen molar-refractivity contribution in [3.8, 4) is 0 Å². The van der Waals surface area contributed by atoms with Crippen molar-refractivity contribution in [1.29, 1.82) is 0 Å². The van der Waals surface area contributed by atoms with E-state index in [9.17, 15) is 4.79 Å². The molecule has 0 saturated heterocycles. The van der Waals surface area contributed by atoms with Crippen molar-refractivity contribution in [2.24, 2.45) is 0 Å². The Kier molecular flexibility index (Phi) is 5.86. The zero-order valence-electron chi connectivity index (χ0n) is 9.85. The molecule has 0 aliphatic heterocycles. The van der Waals surface area contributed by atoms with Gasteiger partial charge in [0.1, 0.15) is 0 Å². The molecule has 1 atom stereocenters. The van der Waals surface area contributed by atoms with Crippen LogP contribution in [0.1, 0.15) is 13.3 Å². The molecule has 1 amide bonds. The number of hydrogen-bond acceptors (Lipinski definition) is 4. The van der Waals surface area contributed by atoms with Crippen molar-refractivity contribution < 1.29 is 9.90 Å². The second-order valence-electron chi connectivity index (χ2n) is 3.78. The maximum absolute atomic E-state index is 11.5. The second-order valence-corrected chi connectivity index (χ2v) is 5.33. The van der Waals surface area contributed by atoms with Gasteiger partial charge in [-0.25, -0.2) is 0 Å². The van der Waals surface area contributed by atoms with Gasteiger partial charge >= 0.3 is 0 Å². The molecule has 4 nitrogen and oxygen atoms in total. The standard InChI is InChI=1S/C12H18N2O2S/c1-9(8-15)17-7-6-12(16)14-11-4-2-10(13)3-5-11/h2-5,9,15H,6-8,13H2,1H3,(H,14,16). The third kappa shape index (κ3) is 5.60. The van der Waals surface area contributed by atoms with E-state index in [-0.39, 0.29) is 17.8 Å². The molecule has 94 valence electrons. The fourth-order valence-electron chi connectivity index (χ4n) is 1.20. The average molecular weight is 254 g/mol. The van der Waals surface area contributed by atoms with Crippen molar-refractivity contribution in [1.82, 2.24) is 0 Å². The molecule has 5 heteroatoms. The molecule has 1 aromatic rings. The number of carbonyl (C=O) groups excluding carboxylic acids is 1. The summed E-state index contributed by atoms with van der Waals surface area (Å²) in [4.78, 5) is 11.5. The van der Waals surface area contributed by atoms with Gasteiger partial charge in [0.25, 0.3) is 0 Å². The minimum absolute atomic E-state index is 0.0209. The predicted molar refractivity (Wildman–Crippen MR) is 73.1 cm³/mol. The fourth-order valence-corrected chi connectivity index (χ4v) is 2.01. The van der Waals surface area contributed by atoms with Crippen molar-refractivity contribution in [2.45, 2.75) is 18.6 Å². The molecule has 0 fully saturated rings. The highest BCUT2D eigenvalue weighted by Gasteiger charge is 2.05. The molecule has 0 heterocycles. The van der Waals surface area contributed by atoms with Crippen molar-refractivity contribution in [3.63, 3.8) is 0 Å². The van der Waals surface area contributed by atoms with Crippen LogP contribution in [0.3, 0.4) is 0 Å². The molecule has 0 radical (unpaired) electrons. The summed E-state index contributed by atoms with van der Waals surface area (Å²) in [5, 5.41) is 11.8. The molecule has 1 aromatic carbocycles. The van der Waals surface area contributed by atoms with Crippen LogP contribution in [0.2, 0.25) is 0 Å².